The summed E-state index contributed by atoms with van der Waals surface area (Å²) >= 11 is 2.22. The Kier molecular flexibility index (Phi) is 4.95. The monoisotopic (exact) mass is 396 g/mol. The number of carbonyl (C=O) groups is 2. The van der Waals surface area contributed by atoms with Crippen LogP contribution in [0.1, 0.15) is 33.2 Å². The third-order valence-corrected chi connectivity index (χ3v) is 3.64. The minimum absolute atomic E-state index is 0.0392. The third kappa shape index (κ3) is 4.04. The lowest BCUT2D eigenvalue weighted by Crippen LogP contribution is -2.07. The SMILES string of the molecule is CC(=O)c1ccc(OCc2ccc(I)cc2)cc1C(=O)O. The third-order valence-electron chi connectivity index (χ3n) is 2.92. The molecule has 0 saturated carbocycles. The second-order valence-electron chi connectivity index (χ2n) is 4.48. The van der Waals surface area contributed by atoms with E-state index in [0.29, 0.717) is 12.4 Å². The normalized spacial score (nSPS) is 10.2. The molecular formula is C16H13IO4. The maximum absolute atomic E-state index is 11.4. The number of carboxylic acid groups (broad SMARTS) is 1. The Hall–Kier alpha value is -1.89. The number of ketones is 1. The molecule has 2 aromatic carbocycles. The highest BCUT2D eigenvalue weighted by Gasteiger charge is 2.14. The van der Waals surface area contributed by atoms with Crippen molar-refractivity contribution < 1.29 is 19.4 Å². The number of hydrogen-bond donors (Lipinski definition) is 1. The van der Waals surface area contributed by atoms with Gasteiger partial charge < -0.3 is 9.84 Å². The van der Waals surface area contributed by atoms with E-state index in [0.717, 1.165) is 9.13 Å². The predicted octanol–water partition coefficient (Wildman–Crippen LogP) is 3.77. The minimum atomic E-state index is -1.14. The van der Waals surface area contributed by atoms with E-state index >= 15 is 0 Å². The van der Waals surface area contributed by atoms with E-state index < -0.39 is 5.97 Å². The van der Waals surface area contributed by atoms with E-state index in [-0.39, 0.29) is 16.9 Å². The molecule has 0 amide bonds. The number of benzene rings is 2. The number of hydrogen-bond acceptors (Lipinski definition) is 3. The molecule has 2 rings (SSSR count). The van der Waals surface area contributed by atoms with Gasteiger partial charge in [-0.3, -0.25) is 4.79 Å². The molecule has 0 radical (unpaired) electrons. The summed E-state index contributed by atoms with van der Waals surface area (Å²) in [4.78, 5) is 22.6. The molecule has 0 aromatic heterocycles. The molecule has 0 aliphatic heterocycles. The minimum Gasteiger partial charge on any atom is -0.489 e. The van der Waals surface area contributed by atoms with Crippen LogP contribution < -0.4 is 4.74 Å². The number of halogens is 1. The topological polar surface area (TPSA) is 63.6 Å². The summed E-state index contributed by atoms with van der Waals surface area (Å²) in [5, 5.41) is 9.15. The van der Waals surface area contributed by atoms with Gasteiger partial charge in [-0.25, -0.2) is 4.79 Å². The molecular weight excluding hydrogens is 383 g/mol. The van der Waals surface area contributed by atoms with Gasteiger partial charge in [0.15, 0.2) is 5.78 Å². The molecule has 0 spiro atoms. The highest BCUT2D eigenvalue weighted by molar-refractivity contribution is 14.1. The van der Waals surface area contributed by atoms with Gasteiger partial charge >= 0.3 is 5.97 Å². The van der Waals surface area contributed by atoms with Crippen LogP contribution in [-0.4, -0.2) is 16.9 Å². The summed E-state index contributed by atoms with van der Waals surface area (Å²) < 4.78 is 6.71. The highest BCUT2D eigenvalue weighted by atomic mass is 127. The average Bonchev–Trinajstić information content (AvgIpc) is 2.46. The van der Waals surface area contributed by atoms with Crippen LogP contribution in [0.3, 0.4) is 0 Å². The van der Waals surface area contributed by atoms with Crippen LogP contribution in [0.25, 0.3) is 0 Å². The van der Waals surface area contributed by atoms with Gasteiger partial charge in [0.05, 0.1) is 5.56 Å². The molecule has 4 nitrogen and oxygen atoms in total. The fourth-order valence-corrected chi connectivity index (χ4v) is 2.20. The van der Waals surface area contributed by atoms with Crippen LogP contribution in [0.2, 0.25) is 0 Å². The summed E-state index contributed by atoms with van der Waals surface area (Å²) in [5.41, 5.74) is 1.13. The first-order chi connectivity index (χ1) is 9.97. The summed E-state index contributed by atoms with van der Waals surface area (Å²) in [5.74, 6) is -0.993. The van der Waals surface area contributed by atoms with Gasteiger partial charge in [0.1, 0.15) is 12.4 Å². The lowest BCUT2D eigenvalue weighted by molar-refractivity contribution is 0.0691. The predicted molar refractivity (Wildman–Crippen MR) is 86.9 cm³/mol. The van der Waals surface area contributed by atoms with Gasteiger partial charge in [0.25, 0.3) is 0 Å². The number of aromatic carboxylic acids is 1. The molecule has 0 fully saturated rings. The zero-order valence-electron chi connectivity index (χ0n) is 11.3. The fraction of sp³-hybridized carbons (Fsp3) is 0.125. The van der Waals surface area contributed by atoms with E-state index in [1.54, 1.807) is 6.07 Å². The van der Waals surface area contributed by atoms with Crippen molar-refractivity contribution >= 4 is 34.3 Å². The summed E-state index contributed by atoms with van der Waals surface area (Å²) in [6.45, 7) is 1.68. The first-order valence-corrected chi connectivity index (χ1v) is 7.31. The Labute approximate surface area is 135 Å². The van der Waals surface area contributed by atoms with Crippen molar-refractivity contribution in [2.75, 3.05) is 0 Å². The summed E-state index contributed by atoms with van der Waals surface area (Å²) in [7, 11) is 0. The standard InChI is InChI=1S/C16H13IO4/c1-10(18)14-7-6-13(8-15(14)16(19)20)21-9-11-2-4-12(17)5-3-11/h2-8H,9H2,1H3,(H,19,20). The molecule has 0 saturated heterocycles. The van der Waals surface area contributed by atoms with Crippen LogP contribution in [0, 0.1) is 3.57 Å². The Morgan fingerprint density at radius 3 is 2.33 bits per heavy atom. The van der Waals surface area contributed by atoms with E-state index in [9.17, 15) is 9.59 Å². The van der Waals surface area contributed by atoms with Gasteiger partial charge in [-0.05, 0) is 65.4 Å². The number of carbonyl (C=O) groups excluding carboxylic acids is 1. The smallest absolute Gasteiger partial charge is 0.336 e. The van der Waals surface area contributed by atoms with Crippen LogP contribution in [0.5, 0.6) is 5.75 Å². The van der Waals surface area contributed by atoms with Crippen LogP contribution >= 0.6 is 22.6 Å². The Morgan fingerprint density at radius 2 is 1.76 bits per heavy atom. The van der Waals surface area contributed by atoms with E-state index in [1.165, 1.54) is 19.1 Å². The molecule has 21 heavy (non-hydrogen) atoms. The van der Waals surface area contributed by atoms with Crippen LogP contribution in [0.15, 0.2) is 42.5 Å². The van der Waals surface area contributed by atoms with Gasteiger partial charge in [0, 0.05) is 9.13 Å². The molecule has 2 aromatic rings. The van der Waals surface area contributed by atoms with Crippen LogP contribution in [-0.2, 0) is 6.61 Å². The average molecular weight is 396 g/mol. The van der Waals surface area contributed by atoms with Crippen molar-refractivity contribution in [1.29, 1.82) is 0 Å². The molecule has 0 unspecified atom stereocenters. The maximum Gasteiger partial charge on any atom is 0.336 e. The van der Waals surface area contributed by atoms with E-state index in [4.69, 9.17) is 9.84 Å². The lowest BCUT2D eigenvalue weighted by Gasteiger charge is -2.09. The Morgan fingerprint density at radius 1 is 1.10 bits per heavy atom. The Bertz CT molecular complexity index is 677. The lowest BCUT2D eigenvalue weighted by atomic mass is 10.0. The largest absolute Gasteiger partial charge is 0.489 e. The van der Waals surface area contributed by atoms with Gasteiger partial charge in [0.2, 0.25) is 0 Å². The number of Topliss-reactive ketones (excluding diaryl/α,β-unsaturated/α-hetero) is 1. The van der Waals surface area contributed by atoms with Gasteiger partial charge in [-0.15, -0.1) is 0 Å². The maximum atomic E-state index is 11.4. The molecule has 0 aliphatic rings. The first kappa shape index (κ1) is 15.5. The summed E-state index contributed by atoms with van der Waals surface area (Å²) in [6, 6.07) is 12.3. The van der Waals surface area contributed by atoms with Crippen molar-refractivity contribution in [1.82, 2.24) is 0 Å². The molecule has 5 heteroatoms. The quantitative estimate of drug-likeness (QED) is 0.618. The highest BCUT2D eigenvalue weighted by Crippen LogP contribution is 2.20. The summed E-state index contributed by atoms with van der Waals surface area (Å²) in [6.07, 6.45) is 0. The Balaban J connectivity index is 2.17. The molecule has 108 valence electrons. The molecule has 0 aliphatic carbocycles. The molecule has 0 bridgehead atoms. The number of carboxylic acids is 1. The molecule has 1 N–H and O–H groups in total. The second-order valence-corrected chi connectivity index (χ2v) is 5.73. The molecule has 0 atom stereocenters. The van der Waals surface area contributed by atoms with Crippen molar-refractivity contribution in [3.63, 3.8) is 0 Å². The fourth-order valence-electron chi connectivity index (χ4n) is 1.84. The van der Waals surface area contributed by atoms with Crippen molar-refractivity contribution in [3.8, 4) is 5.75 Å². The van der Waals surface area contributed by atoms with Gasteiger partial charge in [-0.1, -0.05) is 12.1 Å². The van der Waals surface area contributed by atoms with Gasteiger partial charge in [-0.2, -0.15) is 0 Å². The van der Waals surface area contributed by atoms with E-state index in [2.05, 4.69) is 22.6 Å². The van der Waals surface area contributed by atoms with Crippen molar-refractivity contribution in [2.24, 2.45) is 0 Å². The zero-order valence-corrected chi connectivity index (χ0v) is 13.5. The first-order valence-electron chi connectivity index (χ1n) is 6.23. The van der Waals surface area contributed by atoms with Crippen LogP contribution in [0.4, 0.5) is 0 Å². The molecule has 0 heterocycles. The number of rotatable bonds is 5. The van der Waals surface area contributed by atoms with Crippen molar-refractivity contribution in [2.45, 2.75) is 13.5 Å². The second kappa shape index (κ2) is 6.71. The zero-order chi connectivity index (χ0) is 15.4. The van der Waals surface area contributed by atoms with E-state index in [1.807, 2.05) is 24.3 Å². The van der Waals surface area contributed by atoms with Crippen molar-refractivity contribution in [3.05, 3.63) is 62.7 Å². The number of ether oxygens (including phenoxy) is 1.